The smallest absolute Gasteiger partial charge is 0.316 e. The molecule has 0 aliphatic carbocycles. The van der Waals surface area contributed by atoms with Crippen molar-refractivity contribution in [3.63, 3.8) is 0 Å². The Labute approximate surface area is 161 Å². The highest BCUT2D eigenvalue weighted by molar-refractivity contribution is 6.45. The third-order valence-electron chi connectivity index (χ3n) is 2.95. The lowest BCUT2D eigenvalue weighted by Gasteiger charge is -2.06. The maximum atomic E-state index is 11.8. The molecule has 0 fully saturated rings. The fraction of sp³-hybridized carbons (Fsp3) is 0. The van der Waals surface area contributed by atoms with E-state index in [0.29, 0.717) is 5.56 Å². The number of carbonyl (C=O) groups excluding carboxylic acids is 2. The molecule has 2 aromatic carbocycles. The van der Waals surface area contributed by atoms with Crippen molar-refractivity contribution in [1.82, 2.24) is 5.43 Å². The standard InChI is InChI=1S/C15H9Cl3N4O4/c16-9-5-4-8(6-12(9)22(25)26)7-19-21-15(24)14(23)20-11-3-1-2-10(17)13(11)18/h1-7H,(H,20,23)(H,21,24)/b19-7+. The zero-order chi connectivity index (χ0) is 19.3. The van der Waals surface area contributed by atoms with Crippen molar-refractivity contribution in [2.45, 2.75) is 0 Å². The molecule has 0 spiro atoms. The van der Waals surface area contributed by atoms with Gasteiger partial charge in [-0.2, -0.15) is 5.10 Å². The molecule has 0 radical (unpaired) electrons. The molecule has 11 heteroatoms. The zero-order valence-electron chi connectivity index (χ0n) is 12.7. The van der Waals surface area contributed by atoms with Gasteiger partial charge in [-0.05, 0) is 18.2 Å². The molecule has 2 amide bonds. The Bertz CT molecular complexity index is 918. The van der Waals surface area contributed by atoms with Gasteiger partial charge in [-0.25, -0.2) is 5.43 Å². The number of amides is 2. The van der Waals surface area contributed by atoms with Crippen molar-refractivity contribution < 1.29 is 14.5 Å². The van der Waals surface area contributed by atoms with E-state index in [1.165, 1.54) is 30.3 Å². The van der Waals surface area contributed by atoms with Crippen LogP contribution in [-0.2, 0) is 9.59 Å². The van der Waals surface area contributed by atoms with Crippen LogP contribution in [0.3, 0.4) is 0 Å². The lowest BCUT2D eigenvalue weighted by Crippen LogP contribution is -2.32. The topological polar surface area (TPSA) is 114 Å². The molecule has 0 aliphatic rings. The summed E-state index contributed by atoms with van der Waals surface area (Å²) in [7, 11) is 0. The summed E-state index contributed by atoms with van der Waals surface area (Å²) in [6.45, 7) is 0. The first kappa shape index (κ1) is 19.6. The predicted molar refractivity (Wildman–Crippen MR) is 98.9 cm³/mol. The molecular weight excluding hydrogens is 407 g/mol. The van der Waals surface area contributed by atoms with Crippen molar-refractivity contribution in [3.8, 4) is 0 Å². The van der Waals surface area contributed by atoms with Gasteiger partial charge in [-0.15, -0.1) is 0 Å². The van der Waals surface area contributed by atoms with Crippen molar-refractivity contribution in [2.24, 2.45) is 5.10 Å². The number of hydrogen-bond donors (Lipinski definition) is 2. The van der Waals surface area contributed by atoms with Crippen molar-refractivity contribution in [2.75, 3.05) is 5.32 Å². The number of nitrogens with zero attached hydrogens (tertiary/aromatic N) is 2. The molecule has 0 saturated heterocycles. The molecule has 0 atom stereocenters. The predicted octanol–water partition coefficient (Wildman–Crippen LogP) is 3.64. The van der Waals surface area contributed by atoms with Crippen molar-refractivity contribution in [3.05, 3.63) is 67.1 Å². The quantitative estimate of drug-likeness (QED) is 0.343. The molecule has 0 aromatic heterocycles. The number of nitro groups is 1. The van der Waals surface area contributed by atoms with Crippen LogP contribution in [-0.4, -0.2) is 23.0 Å². The second-order valence-corrected chi connectivity index (χ2v) is 5.91. The van der Waals surface area contributed by atoms with Gasteiger partial charge in [0.1, 0.15) is 5.02 Å². The minimum Gasteiger partial charge on any atom is -0.316 e. The molecular formula is C15H9Cl3N4O4. The fourth-order valence-corrected chi connectivity index (χ4v) is 2.28. The van der Waals surface area contributed by atoms with Crippen LogP contribution in [0.15, 0.2) is 41.5 Å². The summed E-state index contributed by atoms with van der Waals surface area (Å²) in [4.78, 5) is 33.7. The lowest BCUT2D eigenvalue weighted by molar-refractivity contribution is -0.384. The molecule has 8 nitrogen and oxygen atoms in total. The molecule has 0 saturated carbocycles. The SMILES string of the molecule is O=C(N/N=C/c1ccc(Cl)c([N+](=O)[O-])c1)C(=O)Nc1cccc(Cl)c1Cl. The van der Waals surface area contributed by atoms with Crippen LogP contribution in [0.4, 0.5) is 11.4 Å². The van der Waals surface area contributed by atoms with E-state index in [-0.39, 0.29) is 26.4 Å². The maximum absolute atomic E-state index is 11.8. The second-order valence-electron chi connectivity index (χ2n) is 4.72. The molecule has 2 rings (SSSR count). The summed E-state index contributed by atoms with van der Waals surface area (Å²) >= 11 is 17.4. The van der Waals surface area contributed by atoms with E-state index in [4.69, 9.17) is 34.8 Å². The van der Waals surface area contributed by atoms with Gasteiger partial charge in [-0.3, -0.25) is 19.7 Å². The van der Waals surface area contributed by atoms with Gasteiger partial charge in [0.05, 0.1) is 26.9 Å². The Balaban J connectivity index is 2.00. The zero-order valence-corrected chi connectivity index (χ0v) is 15.0. The average Bonchev–Trinajstić information content (AvgIpc) is 2.60. The van der Waals surface area contributed by atoms with Gasteiger partial charge >= 0.3 is 11.8 Å². The van der Waals surface area contributed by atoms with E-state index in [2.05, 4.69) is 10.4 Å². The average molecular weight is 416 g/mol. The highest BCUT2D eigenvalue weighted by Crippen LogP contribution is 2.29. The minimum absolute atomic E-state index is 0.0334. The summed E-state index contributed by atoms with van der Waals surface area (Å²) < 4.78 is 0. The molecule has 0 unspecified atom stereocenters. The van der Waals surface area contributed by atoms with Gasteiger partial charge in [0.15, 0.2) is 0 Å². The number of anilines is 1. The Hall–Kier alpha value is -2.68. The Morgan fingerprint density at radius 2 is 1.81 bits per heavy atom. The monoisotopic (exact) mass is 414 g/mol. The number of hydrogen-bond acceptors (Lipinski definition) is 5. The number of rotatable bonds is 4. The van der Waals surface area contributed by atoms with E-state index in [9.17, 15) is 19.7 Å². The van der Waals surface area contributed by atoms with E-state index < -0.39 is 16.7 Å². The Morgan fingerprint density at radius 1 is 1.08 bits per heavy atom. The Morgan fingerprint density at radius 3 is 2.50 bits per heavy atom. The first-order valence-electron chi connectivity index (χ1n) is 6.82. The number of benzene rings is 2. The molecule has 134 valence electrons. The number of nitro benzene ring substituents is 1. The van der Waals surface area contributed by atoms with Crippen LogP contribution in [0.2, 0.25) is 15.1 Å². The first-order valence-corrected chi connectivity index (χ1v) is 7.95. The van der Waals surface area contributed by atoms with Crippen LogP contribution in [0.5, 0.6) is 0 Å². The highest BCUT2D eigenvalue weighted by Gasteiger charge is 2.16. The van der Waals surface area contributed by atoms with E-state index in [1.54, 1.807) is 6.07 Å². The highest BCUT2D eigenvalue weighted by atomic mass is 35.5. The summed E-state index contributed by atoms with van der Waals surface area (Å²) in [5, 5.41) is 16.9. The molecule has 2 aromatic rings. The van der Waals surface area contributed by atoms with Crippen LogP contribution in [0, 0.1) is 10.1 Å². The van der Waals surface area contributed by atoms with Crippen LogP contribution >= 0.6 is 34.8 Å². The van der Waals surface area contributed by atoms with E-state index in [0.717, 1.165) is 6.21 Å². The third-order valence-corrected chi connectivity index (χ3v) is 4.09. The second kappa shape index (κ2) is 8.61. The number of hydrazone groups is 1. The van der Waals surface area contributed by atoms with E-state index in [1.807, 2.05) is 5.43 Å². The van der Waals surface area contributed by atoms with Crippen LogP contribution in [0.25, 0.3) is 0 Å². The molecule has 0 bridgehead atoms. The summed E-state index contributed by atoms with van der Waals surface area (Å²) in [6, 6.07) is 8.48. The van der Waals surface area contributed by atoms with E-state index >= 15 is 0 Å². The number of nitrogens with one attached hydrogen (secondary N) is 2. The number of halogens is 3. The summed E-state index contributed by atoms with van der Waals surface area (Å²) in [5.74, 6) is -2.09. The molecule has 0 heterocycles. The fourth-order valence-electron chi connectivity index (χ4n) is 1.75. The van der Waals surface area contributed by atoms with Gasteiger partial charge in [0.2, 0.25) is 0 Å². The van der Waals surface area contributed by atoms with Crippen LogP contribution < -0.4 is 10.7 Å². The van der Waals surface area contributed by atoms with Gasteiger partial charge < -0.3 is 5.32 Å². The summed E-state index contributed by atoms with van der Waals surface area (Å²) in [5.41, 5.74) is 2.15. The lowest BCUT2D eigenvalue weighted by atomic mass is 10.2. The molecule has 26 heavy (non-hydrogen) atoms. The maximum Gasteiger partial charge on any atom is 0.329 e. The van der Waals surface area contributed by atoms with Gasteiger partial charge in [0.25, 0.3) is 5.69 Å². The minimum atomic E-state index is -1.07. The van der Waals surface area contributed by atoms with Crippen LogP contribution in [0.1, 0.15) is 5.56 Å². The first-order chi connectivity index (χ1) is 12.3. The van der Waals surface area contributed by atoms with Gasteiger partial charge in [0, 0.05) is 11.6 Å². The number of carbonyl (C=O) groups is 2. The molecule has 2 N–H and O–H groups in total. The molecule has 0 aliphatic heterocycles. The summed E-state index contributed by atoms with van der Waals surface area (Å²) in [6.07, 6.45) is 1.13. The van der Waals surface area contributed by atoms with Gasteiger partial charge in [-0.1, -0.05) is 46.9 Å². The normalized spacial score (nSPS) is 10.6. The largest absolute Gasteiger partial charge is 0.329 e. The van der Waals surface area contributed by atoms with Crippen molar-refractivity contribution >= 4 is 64.2 Å². The van der Waals surface area contributed by atoms with Crippen molar-refractivity contribution in [1.29, 1.82) is 0 Å². The third kappa shape index (κ3) is 4.92. The Kier molecular flexibility index (Phi) is 6.51.